The zero-order valence-corrected chi connectivity index (χ0v) is 17.9. The summed E-state index contributed by atoms with van der Waals surface area (Å²) in [6.45, 7) is 4.06. The molecule has 3 heterocycles. The van der Waals surface area contributed by atoms with Crippen LogP contribution >= 0.6 is 34.5 Å². The molecule has 4 nitrogen and oxygen atoms in total. The molecule has 0 aliphatic heterocycles. The Balaban J connectivity index is 1.69. The summed E-state index contributed by atoms with van der Waals surface area (Å²) in [6.07, 6.45) is 1.94. The highest BCUT2D eigenvalue weighted by Crippen LogP contribution is 2.28. The molecule has 5 aromatic rings. The molecule has 2 aromatic carbocycles. The Bertz CT molecular complexity index is 1530. The van der Waals surface area contributed by atoms with Crippen LogP contribution in [0.3, 0.4) is 0 Å². The van der Waals surface area contributed by atoms with Crippen molar-refractivity contribution in [3.8, 4) is 5.69 Å². The Morgan fingerprint density at radius 2 is 1.83 bits per heavy atom. The van der Waals surface area contributed by atoms with E-state index < -0.39 is 0 Å². The second-order valence-electron chi connectivity index (χ2n) is 6.89. The van der Waals surface area contributed by atoms with Gasteiger partial charge in [0.1, 0.15) is 0 Å². The van der Waals surface area contributed by atoms with Gasteiger partial charge >= 0.3 is 0 Å². The maximum atomic E-state index is 13.0. The van der Waals surface area contributed by atoms with Crippen LogP contribution in [0.4, 0.5) is 0 Å². The van der Waals surface area contributed by atoms with Crippen LogP contribution in [0.5, 0.6) is 0 Å². The highest BCUT2D eigenvalue weighted by molar-refractivity contribution is 7.15. The molecule has 3 aromatic heterocycles. The topological polar surface area (TPSA) is 39.3 Å². The SMILES string of the molecule is Cc1cc(/C=c2\sc3nc4ccccc4n3c2=O)c(C)n1-c1ccc(Cl)c(Cl)c1. The van der Waals surface area contributed by atoms with Gasteiger partial charge in [-0.3, -0.25) is 4.79 Å². The molecule has 5 rings (SSSR count). The van der Waals surface area contributed by atoms with Gasteiger partial charge in [0, 0.05) is 17.1 Å². The summed E-state index contributed by atoms with van der Waals surface area (Å²) >= 11 is 13.7. The van der Waals surface area contributed by atoms with Crippen LogP contribution in [0.1, 0.15) is 17.0 Å². The number of aromatic nitrogens is 3. The number of fused-ring (bicyclic) bond motifs is 3. The van der Waals surface area contributed by atoms with E-state index in [1.54, 1.807) is 10.5 Å². The van der Waals surface area contributed by atoms with Crippen molar-refractivity contribution >= 4 is 56.6 Å². The fraction of sp³-hybridized carbons (Fsp3) is 0.0909. The van der Waals surface area contributed by atoms with Gasteiger partial charge in [-0.05, 0) is 61.9 Å². The van der Waals surface area contributed by atoms with Crippen molar-refractivity contribution in [3.63, 3.8) is 0 Å². The third-order valence-corrected chi connectivity index (χ3v) is 6.77. The Hall–Kier alpha value is -2.60. The number of benzene rings is 2. The van der Waals surface area contributed by atoms with Crippen molar-refractivity contribution in [2.45, 2.75) is 13.8 Å². The van der Waals surface area contributed by atoms with Gasteiger partial charge < -0.3 is 4.57 Å². The molecule has 0 saturated heterocycles. The zero-order chi connectivity index (χ0) is 20.3. The van der Waals surface area contributed by atoms with Gasteiger partial charge in [-0.25, -0.2) is 9.38 Å². The number of halogens is 2. The highest BCUT2D eigenvalue weighted by Gasteiger charge is 2.13. The first-order valence-corrected chi connectivity index (χ1v) is 10.6. The maximum Gasteiger partial charge on any atom is 0.274 e. The van der Waals surface area contributed by atoms with Gasteiger partial charge in [0.2, 0.25) is 0 Å². The van der Waals surface area contributed by atoms with Crippen molar-refractivity contribution < 1.29 is 0 Å². The van der Waals surface area contributed by atoms with E-state index in [0.717, 1.165) is 33.7 Å². The molecule has 0 amide bonds. The second-order valence-corrected chi connectivity index (χ2v) is 8.72. The normalized spacial score (nSPS) is 12.5. The average molecular weight is 440 g/mol. The number of rotatable bonds is 2. The molecule has 7 heteroatoms. The molecule has 0 fully saturated rings. The first-order chi connectivity index (χ1) is 13.9. The van der Waals surface area contributed by atoms with E-state index in [0.29, 0.717) is 19.5 Å². The minimum Gasteiger partial charge on any atom is -0.318 e. The summed E-state index contributed by atoms with van der Waals surface area (Å²) < 4.78 is 4.45. The third-order valence-electron chi connectivity index (χ3n) is 5.06. The van der Waals surface area contributed by atoms with Gasteiger partial charge in [-0.2, -0.15) is 0 Å². The molecule has 0 spiro atoms. The molecule has 0 aliphatic rings. The fourth-order valence-electron chi connectivity index (χ4n) is 3.71. The first-order valence-electron chi connectivity index (χ1n) is 9.00. The summed E-state index contributed by atoms with van der Waals surface area (Å²) in [5.41, 5.74) is 5.62. The number of aryl methyl sites for hydroxylation is 1. The van der Waals surface area contributed by atoms with Crippen LogP contribution in [0, 0.1) is 13.8 Å². The second kappa shape index (κ2) is 6.73. The van der Waals surface area contributed by atoms with E-state index in [1.165, 1.54) is 11.3 Å². The van der Waals surface area contributed by atoms with E-state index in [4.69, 9.17) is 23.2 Å². The van der Waals surface area contributed by atoms with E-state index in [9.17, 15) is 4.79 Å². The van der Waals surface area contributed by atoms with E-state index in [2.05, 4.69) is 15.6 Å². The Kier molecular flexibility index (Phi) is 4.28. The molecule has 0 N–H and O–H groups in total. The molecule has 29 heavy (non-hydrogen) atoms. The van der Waals surface area contributed by atoms with E-state index >= 15 is 0 Å². The van der Waals surface area contributed by atoms with Gasteiger partial charge in [-0.1, -0.05) is 46.7 Å². The lowest BCUT2D eigenvalue weighted by atomic mass is 10.2. The molecule has 0 radical (unpaired) electrons. The summed E-state index contributed by atoms with van der Waals surface area (Å²) in [5.74, 6) is 0. The predicted octanol–water partition coefficient (Wildman–Crippen LogP) is 5.17. The number of hydrogen-bond donors (Lipinski definition) is 0. The average Bonchev–Trinajstić information content (AvgIpc) is 3.29. The Morgan fingerprint density at radius 1 is 1.03 bits per heavy atom. The number of para-hydroxylation sites is 2. The van der Waals surface area contributed by atoms with E-state index in [-0.39, 0.29) is 5.56 Å². The largest absolute Gasteiger partial charge is 0.318 e. The predicted molar refractivity (Wildman–Crippen MR) is 121 cm³/mol. The lowest BCUT2D eigenvalue weighted by Crippen LogP contribution is -2.22. The van der Waals surface area contributed by atoms with Crippen molar-refractivity contribution in [2.24, 2.45) is 0 Å². The summed E-state index contributed by atoms with van der Waals surface area (Å²) in [4.78, 5) is 18.3. The molecule has 144 valence electrons. The van der Waals surface area contributed by atoms with Crippen molar-refractivity contribution in [1.29, 1.82) is 0 Å². The number of hydrogen-bond acceptors (Lipinski definition) is 3. The zero-order valence-electron chi connectivity index (χ0n) is 15.6. The van der Waals surface area contributed by atoms with Gasteiger partial charge in [0.15, 0.2) is 4.96 Å². The fourth-order valence-corrected chi connectivity index (χ4v) is 4.98. The summed E-state index contributed by atoms with van der Waals surface area (Å²) in [6, 6.07) is 15.3. The van der Waals surface area contributed by atoms with Gasteiger partial charge in [0.25, 0.3) is 5.56 Å². The van der Waals surface area contributed by atoms with Crippen LogP contribution in [0.25, 0.3) is 27.8 Å². The van der Waals surface area contributed by atoms with Gasteiger partial charge in [-0.15, -0.1) is 0 Å². The molecule has 0 unspecified atom stereocenters. The molecular formula is C22H15Cl2N3OS. The lowest BCUT2D eigenvalue weighted by Gasteiger charge is -2.10. The monoisotopic (exact) mass is 439 g/mol. The summed E-state index contributed by atoms with van der Waals surface area (Å²) in [7, 11) is 0. The quantitative estimate of drug-likeness (QED) is 0.380. The summed E-state index contributed by atoms with van der Waals surface area (Å²) in [5, 5.41) is 1.03. The standard InChI is InChI=1S/C22H15Cl2N3OS/c1-12-9-14(13(2)26(12)15-7-8-16(23)17(24)11-15)10-20-21(28)27-19-6-4-3-5-18(19)25-22(27)29-20/h3-11H,1-2H3/b20-10-. The molecule has 0 saturated carbocycles. The molecule has 0 aliphatic carbocycles. The van der Waals surface area contributed by atoms with Crippen LogP contribution in [-0.4, -0.2) is 14.0 Å². The minimum atomic E-state index is -0.0435. The van der Waals surface area contributed by atoms with Crippen molar-refractivity contribution in [3.05, 3.63) is 90.4 Å². The van der Waals surface area contributed by atoms with Crippen molar-refractivity contribution in [2.75, 3.05) is 0 Å². The van der Waals surface area contributed by atoms with Crippen LogP contribution in [0.2, 0.25) is 10.0 Å². The molecule has 0 atom stereocenters. The number of nitrogens with zero attached hydrogens (tertiary/aromatic N) is 3. The first kappa shape index (κ1) is 18.4. The van der Waals surface area contributed by atoms with Crippen LogP contribution < -0.4 is 10.1 Å². The third kappa shape index (κ3) is 2.89. The van der Waals surface area contributed by atoms with E-state index in [1.807, 2.05) is 56.3 Å². The smallest absolute Gasteiger partial charge is 0.274 e. The molecular weight excluding hydrogens is 425 g/mol. The van der Waals surface area contributed by atoms with Crippen LogP contribution in [-0.2, 0) is 0 Å². The Labute approximate surface area is 180 Å². The minimum absolute atomic E-state index is 0.0435. The molecule has 0 bridgehead atoms. The lowest BCUT2D eigenvalue weighted by molar-refractivity contribution is 0.964. The highest BCUT2D eigenvalue weighted by atomic mass is 35.5. The van der Waals surface area contributed by atoms with Crippen LogP contribution in [0.15, 0.2) is 53.3 Å². The number of imidazole rings is 1. The maximum absolute atomic E-state index is 13.0. The number of thiazole rings is 1. The van der Waals surface area contributed by atoms with Gasteiger partial charge in [0.05, 0.1) is 25.6 Å². The van der Waals surface area contributed by atoms with Crippen molar-refractivity contribution in [1.82, 2.24) is 14.0 Å². The Morgan fingerprint density at radius 3 is 2.62 bits per heavy atom.